The summed E-state index contributed by atoms with van der Waals surface area (Å²) in [5.74, 6) is 0.767. The molecule has 24 heavy (non-hydrogen) atoms. The van der Waals surface area contributed by atoms with Gasteiger partial charge in [-0.1, -0.05) is 0 Å². The zero-order valence-corrected chi connectivity index (χ0v) is 13.5. The van der Waals surface area contributed by atoms with E-state index in [9.17, 15) is 0 Å². The van der Waals surface area contributed by atoms with Crippen molar-refractivity contribution < 1.29 is 4.42 Å². The fourth-order valence-electron chi connectivity index (χ4n) is 2.80. The second-order valence-corrected chi connectivity index (χ2v) is 6.08. The third-order valence-electron chi connectivity index (χ3n) is 3.97. The topological polar surface area (TPSA) is 69.6 Å². The number of aromatic nitrogens is 5. The highest BCUT2D eigenvalue weighted by Gasteiger charge is 2.14. The van der Waals surface area contributed by atoms with Crippen LogP contribution in [0.2, 0.25) is 0 Å². The van der Waals surface area contributed by atoms with E-state index >= 15 is 0 Å². The molecule has 0 N–H and O–H groups in total. The minimum Gasteiger partial charge on any atom is -0.454 e. The van der Waals surface area contributed by atoms with Gasteiger partial charge in [-0.15, -0.1) is 0 Å². The second kappa shape index (κ2) is 4.97. The van der Waals surface area contributed by atoms with Crippen LogP contribution in [0.3, 0.4) is 0 Å². The Kier molecular flexibility index (Phi) is 2.77. The summed E-state index contributed by atoms with van der Waals surface area (Å²) in [7, 11) is 1.90. The molecule has 7 heteroatoms. The van der Waals surface area contributed by atoms with Gasteiger partial charge in [0.1, 0.15) is 22.3 Å². The van der Waals surface area contributed by atoms with Gasteiger partial charge in [-0.2, -0.15) is 13.8 Å². The number of hydrogen-bond acceptors (Lipinski definition) is 6. The summed E-state index contributed by atoms with van der Waals surface area (Å²) in [6, 6.07) is 9.83. The van der Waals surface area contributed by atoms with Gasteiger partial charge in [0.15, 0.2) is 5.58 Å². The first kappa shape index (κ1) is 13.4. The minimum atomic E-state index is 0.761. The lowest BCUT2D eigenvalue weighted by Crippen LogP contribution is -1.84. The Balaban J connectivity index is 1.70. The summed E-state index contributed by atoms with van der Waals surface area (Å²) < 4.78 is 16.4. The zero-order chi connectivity index (χ0) is 16.1. The summed E-state index contributed by atoms with van der Waals surface area (Å²) in [6.45, 7) is 0. The first-order chi connectivity index (χ1) is 11.8. The third-order valence-corrected chi connectivity index (χ3v) is 4.52. The van der Waals surface area contributed by atoms with Crippen LogP contribution in [0.25, 0.3) is 44.6 Å². The molecule has 0 bridgehead atoms. The van der Waals surface area contributed by atoms with Gasteiger partial charge < -0.3 is 4.42 Å². The van der Waals surface area contributed by atoms with Crippen LogP contribution in [0.15, 0.2) is 53.3 Å². The smallest absolute Gasteiger partial charge is 0.161 e. The van der Waals surface area contributed by atoms with Crippen molar-refractivity contribution in [3.05, 3.63) is 48.9 Å². The van der Waals surface area contributed by atoms with Crippen molar-refractivity contribution in [2.45, 2.75) is 0 Å². The number of aryl methyl sites for hydroxylation is 1. The average Bonchev–Trinajstić information content (AvgIpc) is 3.32. The SMILES string of the molecule is Cn1cc(-c2ccnc3cc(-c4ccc5nsnc5c4)oc23)cn1. The Labute approximate surface area is 140 Å². The van der Waals surface area contributed by atoms with Crippen molar-refractivity contribution in [3.63, 3.8) is 0 Å². The van der Waals surface area contributed by atoms with Crippen LogP contribution in [-0.4, -0.2) is 23.5 Å². The number of furan rings is 1. The van der Waals surface area contributed by atoms with Crippen LogP contribution >= 0.6 is 11.7 Å². The lowest BCUT2D eigenvalue weighted by molar-refractivity contribution is 0.632. The van der Waals surface area contributed by atoms with Gasteiger partial charge in [0.05, 0.1) is 17.9 Å². The first-order valence-electron chi connectivity index (χ1n) is 7.38. The maximum absolute atomic E-state index is 6.13. The highest BCUT2D eigenvalue weighted by Crippen LogP contribution is 2.34. The van der Waals surface area contributed by atoms with Crippen molar-refractivity contribution in [1.82, 2.24) is 23.5 Å². The lowest BCUT2D eigenvalue weighted by atomic mass is 10.1. The van der Waals surface area contributed by atoms with Gasteiger partial charge in [-0.05, 0) is 24.3 Å². The molecule has 1 aromatic carbocycles. The third kappa shape index (κ3) is 2.02. The Morgan fingerprint density at radius 3 is 2.79 bits per heavy atom. The molecule has 6 nitrogen and oxygen atoms in total. The summed E-state index contributed by atoms with van der Waals surface area (Å²) in [4.78, 5) is 4.43. The van der Waals surface area contributed by atoms with E-state index in [1.165, 1.54) is 11.7 Å². The molecule has 0 saturated heterocycles. The van der Waals surface area contributed by atoms with Gasteiger partial charge >= 0.3 is 0 Å². The summed E-state index contributed by atoms with van der Waals surface area (Å²) in [5, 5.41) is 4.23. The van der Waals surface area contributed by atoms with Crippen LogP contribution < -0.4 is 0 Å². The Morgan fingerprint density at radius 2 is 1.92 bits per heavy atom. The molecule has 0 aliphatic heterocycles. The summed E-state index contributed by atoms with van der Waals surface area (Å²) >= 11 is 1.21. The molecule has 0 radical (unpaired) electrons. The molecule has 0 unspecified atom stereocenters. The Bertz CT molecular complexity index is 1190. The van der Waals surface area contributed by atoms with E-state index in [4.69, 9.17) is 4.42 Å². The van der Waals surface area contributed by atoms with Gasteiger partial charge in [0.25, 0.3) is 0 Å². The normalized spacial score (nSPS) is 11.5. The van der Waals surface area contributed by atoms with E-state index in [-0.39, 0.29) is 0 Å². The standard InChI is InChI=1S/C17H11N5OS/c1-22-9-11(8-19-22)12-4-5-18-15-7-16(23-17(12)15)10-2-3-13-14(6-10)21-24-20-13/h2-9H,1H3. The zero-order valence-electron chi connectivity index (χ0n) is 12.7. The molecule has 0 spiro atoms. The monoisotopic (exact) mass is 333 g/mol. The van der Waals surface area contributed by atoms with E-state index in [0.717, 1.165) is 44.6 Å². The van der Waals surface area contributed by atoms with Gasteiger partial charge in [-0.3, -0.25) is 9.67 Å². The molecule has 0 amide bonds. The molecule has 0 saturated carbocycles. The van der Waals surface area contributed by atoms with Crippen molar-refractivity contribution in [2.75, 3.05) is 0 Å². The predicted molar refractivity (Wildman–Crippen MR) is 92.6 cm³/mol. The summed E-state index contributed by atoms with van der Waals surface area (Å²) in [5.41, 5.74) is 6.30. The predicted octanol–water partition coefficient (Wildman–Crippen LogP) is 3.90. The molecular weight excluding hydrogens is 322 g/mol. The number of nitrogens with zero attached hydrogens (tertiary/aromatic N) is 5. The lowest BCUT2D eigenvalue weighted by Gasteiger charge is -1.98. The quantitative estimate of drug-likeness (QED) is 0.490. The minimum absolute atomic E-state index is 0.761. The van der Waals surface area contributed by atoms with E-state index in [1.807, 2.05) is 49.8 Å². The highest BCUT2D eigenvalue weighted by atomic mass is 32.1. The van der Waals surface area contributed by atoms with Gasteiger partial charge in [0, 0.05) is 42.2 Å². The molecule has 4 aromatic heterocycles. The maximum atomic E-state index is 6.13. The van der Waals surface area contributed by atoms with E-state index in [1.54, 1.807) is 10.9 Å². The summed E-state index contributed by atoms with van der Waals surface area (Å²) in [6.07, 6.45) is 5.57. The van der Waals surface area contributed by atoms with Crippen LogP contribution in [0.5, 0.6) is 0 Å². The number of benzene rings is 1. The van der Waals surface area contributed by atoms with E-state index in [2.05, 4.69) is 18.8 Å². The molecule has 0 aliphatic carbocycles. The first-order valence-corrected chi connectivity index (χ1v) is 8.11. The molecule has 5 rings (SSSR count). The van der Waals surface area contributed by atoms with Crippen molar-refractivity contribution in [1.29, 1.82) is 0 Å². The number of pyridine rings is 1. The Hall–Kier alpha value is -3.06. The molecule has 4 heterocycles. The second-order valence-electron chi connectivity index (χ2n) is 5.55. The molecule has 5 aromatic rings. The van der Waals surface area contributed by atoms with Crippen molar-refractivity contribution in [2.24, 2.45) is 7.05 Å². The largest absolute Gasteiger partial charge is 0.454 e. The van der Waals surface area contributed by atoms with E-state index in [0.29, 0.717) is 0 Å². The van der Waals surface area contributed by atoms with Crippen LogP contribution in [-0.2, 0) is 7.05 Å². The fraction of sp³-hybridized carbons (Fsp3) is 0.0588. The van der Waals surface area contributed by atoms with Gasteiger partial charge in [-0.25, -0.2) is 0 Å². The average molecular weight is 333 g/mol. The van der Waals surface area contributed by atoms with Crippen LogP contribution in [0.4, 0.5) is 0 Å². The molecular formula is C17H11N5OS. The molecule has 116 valence electrons. The van der Waals surface area contributed by atoms with Gasteiger partial charge in [0.2, 0.25) is 0 Å². The number of rotatable bonds is 2. The van der Waals surface area contributed by atoms with E-state index < -0.39 is 0 Å². The van der Waals surface area contributed by atoms with Crippen molar-refractivity contribution >= 4 is 33.9 Å². The number of hydrogen-bond donors (Lipinski definition) is 0. The maximum Gasteiger partial charge on any atom is 0.161 e. The Morgan fingerprint density at radius 1 is 1.00 bits per heavy atom. The molecule has 0 atom stereocenters. The highest BCUT2D eigenvalue weighted by molar-refractivity contribution is 7.00. The van der Waals surface area contributed by atoms with Crippen molar-refractivity contribution in [3.8, 4) is 22.5 Å². The number of fused-ring (bicyclic) bond motifs is 2. The fourth-order valence-corrected chi connectivity index (χ4v) is 3.32. The van der Waals surface area contributed by atoms with Crippen LogP contribution in [0, 0.1) is 0 Å². The molecule has 0 aliphatic rings. The molecule has 0 fully saturated rings. The van der Waals surface area contributed by atoms with Crippen LogP contribution in [0.1, 0.15) is 0 Å².